The van der Waals surface area contributed by atoms with Gasteiger partial charge >= 0.3 is 0 Å². The molecule has 0 radical (unpaired) electrons. The van der Waals surface area contributed by atoms with Crippen LogP contribution in [0.4, 0.5) is 4.39 Å². The summed E-state index contributed by atoms with van der Waals surface area (Å²) in [5, 5.41) is 0. The van der Waals surface area contributed by atoms with Crippen molar-refractivity contribution in [3.63, 3.8) is 0 Å². The number of halogens is 1. The van der Waals surface area contributed by atoms with Crippen LogP contribution in [-0.4, -0.2) is 31.4 Å². The summed E-state index contributed by atoms with van der Waals surface area (Å²) >= 11 is 0. The fourth-order valence-corrected chi connectivity index (χ4v) is 0.871. The Balaban J connectivity index is 2.37. The molecule has 0 amide bonds. The van der Waals surface area contributed by atoms with Crippen molar-refractivity contribution in [2.75, 3.05) is 20.9 Å². The van der Waals surface area contributed by atoms with E-state index in [0.717, 1.165) is 0 Å². The standard InChI is InChI=1S/C6H13FN/c1-8(2,5-7)6-3-4-6/h6H,3-5H2,1-2H3/q+1. The molecule has 1 nitrogen and oxygen atoms in total. The second kappa shape index (κ2) is 1.69. The topological polar surface area (TPSA) is 0 Å². The van der Waals surface area contributed by atoms with Gasteiger partial charge in [-0.05, 0) is 0 Å². The third-order valence-electron chi connectivity index (χ3n) is 1.84. The lowest BCUT2D eigenvalue weighted by Crippen LogP contribution is -2.40. The van der Waals surface area contributed by atoms with E-state index in [0.29, 0.717) is 10.5 Å². The summed E-state index contributed by atoms with van der Waals surface area (Å²) in [6.07, 6.45) is 2.44. The van der Waals surface area contributed by atoms with Crippen LogP contribution in [0.15, 0.2) is 0 Å². The minimum atomic E-state index is -0.218. The Morgan fingerprint density at radius 3 is 2.12 bits per heavy atom. The van der Waals surface area contributed by atoms with Crippen molar-refractivity contribution in [1.29, 1.82) is 0 Å². The van der Waals surface area contributed by atoms with Gasteiger partial charge in [0, 0.05) is 12.8 Å². The van der Waals surface area contributed by atoms with Gasteiger partial charge < -0.3 is 0 Å². The predicted octanol–water partition coefficient (Wildman–Crippen LogP) is 1.15. The Morgan fingerprint density at radius 2 is 2.00 bits per heavy atom. The maximum Gasteiger partial charge on any atom is 0.221 e. The summed E-state index contributed by atoms with van der Waals surface area (Å²) in [7, 11) is 3.88. The highest BCUT2D eigenvalue weighted by molar-refractivity contribution is 4.72. The Bertz CT molecular complexity index is 86.5. The summed E-state index contributed by atoms with van der Waals surface area (Å²) in [5.74, 6) is 0. The van der Waals surface area contributed by atoms with Gasteiger partial charge in [-0.1, -0.05) is 0 Å². The minimum Gasteiger partial charge on any atom is -0.300 e. The molecule has 0 bridgehead atoms. The molecule has 1 aliphatic rings. The summed E-state index contributed by atoms with van der Waals surface area (Å²) in [6, 6.07) is 0.625. The molecule has 48 valence electrons. The zero-order valence-corrected chi connectivity index (χ0v) is 5.52. The highest BCUT2D eigenvalue weighted by Gasteiger charge is 2.37. The minimum absolute atomic E-state index is 0.218. The largest absolute Gasteiger partial charge is 0.300 e. The Morgan fingerprint density at radius 1 is 1.50 bits per heavy atom. The number of quaternary nitrogens is 1. The fourth-order valence-electron chi connectivity index (χ4n) is 0.871. The van der Waals surface area contributed by atoms with Gasteiger partial charge in [0.15, 0.2) is 0 Å². The number of nitrogens with zero attached hydrogens (tertiary/aromatic N) is 1. The van der Waals surface area contributed by atoms with Gasteiger partial charge in [-0.25, -0.2) is 0 Å². The number of hydrogen-bond acceptors (Lipinski definition) is 0. The van der Waals surface area contributed by atoms with E-state index in [9.17, 15) is 4.39 Å². The van der Waals surface area contributed by atoms with Crippen LogP contribution < -0.4 is 0 Å². The van der Waals surface area contributed by atoms with Crippen molar-refractivity contribution in [3.05, 3.63) is 0 Å². The second-order valence-electron chi connectivity index (χ2n) is 3.13. The molecular formula is C6H13FN+. The number of alkyl halides is 1. The molecule has 8 heavy (non-hydrogen) atoms. The molecule has 1 saturated carbocycles. The first kappa shape index (κ1) is 6.02. The molecule has 0 atom stereocenters. The van der Waals surface area contributed by atoms with Gasteiger partial charge in [-0.3, -0.25) is 4.48 Å². The quantitative estimate of drug-likeness (QED) is 0.377. The van der Waals surface area contributed by atoms with Crippen LogP contribution in [0.1, 0.15) is 12.8 Å². The molecule has 1 rings (SSSR count). The van der Waals surface area contributed by atoms with Crippen molar-refractivity contribution in [2.24, 2.45) is 0 Å². The number of rotatable bonds is 2. The first-order valence-electron chi connectivity index (χ1n) is 3.05. The lowest BCUT2D eigenvalue weighted by atomic mass is 10.5. The smallest absolute Gasteiger partial charge is 0.221 e. The summed E-state index contributed by atoms with van der Waals surface area (Å²) in [4.78, 5) is 0. The Hall–Kier alpha value is -0.110. The summed E-state index contributed by atoms with van der Waals surface area (Å²) < 4.78 is 12.6. The average molecular weight is 118 g/mol. The maximum absolute atomic E-state index is 12.0. The highest BCUT2D eigenvalue weighted by atomic mass is 19.1. The lowest BCUT2D eigenvalue weighted by molar-refractivity contribution is -0.913. The lowest BCUT2D eigenvalue weighted by Gasteiger charge is -2.25. The molecule has 0 aliphatic heterocycles. The van der Waals surface area contributed by atoms with Crippen LogP contribution in [0.25, 0.3) is 0 Å². The summed E-state index contributed by atoms with van der Waals surface area (Å²) in [6.45, 7) is -0.218. The van der Waals surface area contributed by atoms with Crippen LogP contribution in [0, 0.1) is 0 Å². The maximum atomic E-state index is 12.0. The van der Waals surface area contributed by atoms with Gasteiger partial charge in [-0.2, -0.15) is 4.39 Å². The van der Waals surface area contributed by atoms with E-state index in [4.69, 9.17) is 0 Å². The molecule has 0 aromatic rings. The third-order valence-corrected chi connectivity index (χ3v) is 1.84. The predicted molar refractivity (Wildman–Crippen MR) is 31.1 cm³/mol. The van der Waals surface area contributed by atoms with Gasteiger partial charge in [0.1, 0.15) is 0 Å². The van der Waals surface area contributed by atoms with Gasteiger partial charge in [-0.15, -0.1) is 0 Å². The van der Waals surface area contributed by atoms with Crippen molar-refractivity contribution >= 4 is 0 Å². The van der Waals surface area contributed by atoms with Crippen molar-refractivity contribution in [2.45, 2.75) is 18.9 Å². The van der Waals surface area contributed by atoms with Crippen molar-refractivity contribution < 1.29 is 8.87 Å². The van der Waals surface area contributed by atoms with E-state index >= 15 is 0 Å². The molecule has 0 unspecified atom stereocenters. The van der Waals surface area contributed by atoms with E-state index in [1.807, 2.05) is 14.1 Å². The Labute approximate surface area is 49.7 Å². The van der Waals surface area contributed by atoms with Crippen molar-refractivity contribution in [1.82, 2.24) is 0 Å². The summed E-state index contributed by atoms with van der Waals surface area (Å²) in [5.41, 5.74) is 0. The molecular weight excluding hydrogens is 105 g/mol. The fraction of sp³-hybridized carbons (Fsp3) is 1.00. The monoisotopic (exact) mass is 118 g/mol. The molecule has 0 N–H and O–H groups in total. The molecule has 1 aliphatic carbocycles. The van der Waals surface area contributed by atoms with Crippen LogP contribution in [0.3, 0.4) is 0 Å². The van der Waals surface area contributed by atoms with E-state index in [1.54, 1.807) is 0 Å². The first-order chi connectivity index (χ1) is 3.67. The molecule has 2 heteroatoms. The van der Waals surface area contributed by atoms with Crippen LogP contribution >= 0.6 is 0 Å². The van der Waals surface area contributed by atoms with Gasteiger partial charge in [0.2, 0.25) is 6.80 Å². The zero-order valence-electron chi connectivity index (χ0n) is 5.52. The SMILES string of the molecule is C[N+](C)(CF)C1CC1. The van der Waals surface area contributed by atoms with Crippen LogP contribution in [-0.2, 0) is 0 Å². The molecule has 1 fully saturated rings. The molecule has 0 aromatic carbocycles. The van der Waals surface area contributed by atoms with E-state index in [1.165, 1.54) is 12.8 Å². The molecule has 0 spiro atoms. The van der Waals surface area contributed by atoms with Crippen molar-refractivity contribution in [3.8, 4) is 0 Å². The normalized spacial score (nSPS) is 21.4. The number of hydrogen-bond donors (Lipinski definition) is 0. The molecule has 0 aromatic heterocycles. The average Bonchev–Trinajstić information content (AvgIpc) is 2.44. The zero-order chi connectivity index (χ0) is 6.20. The third kappa shape index (κ3) is 0.996. The van der Waals surface area contributed by atoms with Gasteiger partial charge in [0.25, 0.3) is 0 Å². The second-order valence-corrected chi connectivity index (χ2v) is 3.13. The Kier molecular flexibility index (Phi) is 1.27. The highest BCUT2D eigenvalue weighted by Crippen LogP contribution is 2.30. The molecule has 0 saturated heterocycles. The van der Waals surface area contributed by atoms with Crippen LogP contribution in [0.2, 0.25) is 0 Å². The first-order valence-corrected chi connectivity index (χ1v) is 3.05. The van der Waals surface area contributed by atoms with E-state index in [2.05, 4.69) is 0 Å². The van der Waals surface area contributed by atoms with E-state index in [-0.39, 0.29) is 6.80 Å². The van der Waals surface area contributed by atoms with E-state index < -0.39 is 0 Å². The van der Waals surface area contributed by atoms with Crippen LogP contribution in [0.5, 0.6) is 0 Å². The van der Waals surface area contributed by atoms with Gasteiger partial charge in [0.05, 0.1) is 20.1 Å². The molecule has 0 heterocycles.